The van der Waals surface area contributed by atoms with Gasteiger partial charge >= 0.3 is 5.97 Å². The monoisotopic (exact) mass is 219 g/mol. The third kappa shape index (κ3) is 3.15. The van der Waals surface area contributed by atoms with Crippen LogP contribution < -0.4 is 10.6 Å². The third-order valence-corrected chi connectivity index (χ3v) is 2.13. The number of aliphatic carboxylic acids is 1. The van der Waals surface area contributed by atoms with Gasteiger partial charge in [0.1, 0.15) is 7.45 Å². The van der Waals surface area contributed by atoms with Crippen molar-refractivity contribution in [1.82, 2.24) is 10.6 Å². The van der Waals surface area contributed by atoms with Crippen molar-refractivity contribution in [3.8, 4) is 0 Å². The number of hydrogen-bond acceptors (Lipinski definition) is 5. The van der Waals surface area contributed by atoms with E-state index in [1.54, 1.807) is 0 Å². The Morgan fingerprint density at radius 3 is 2.73 bits per heavy atom. The van der Waals surface area contributed by atoms with Gasteiger partial charge < -0.3 is 25.9 Å². The summed E-state index contributed by atoms with van der Waals surface area (Å²) in [5.41, 5.74) is 0. The zero-order valence-electron chi connectivity index (χ0n) is 8.96. The zero-order valence-corrected chi connectivity index (χ0v) is 7.96. The van der Waals surface area contributed by atoms with E-state index < -0.39 is 36.7 Å². The van der Waals surface area contributed by atoms with E-state index in [1.807, 2.05) is 0 Å². The highest BCUT2D eigenvalue weighted by Gasteiger charge is 2.30. The molecule has 0 spiro atoms. The van der Waals surface area contributed by atoms with Crippen molar-refractivity contribution in [2.45, 2.75) is 24.6 Å². The van der Waals surface area contributed by atoms with Gasteiger partial charge in [-0.05, 0) is 6.42 Å². The van der Waals surface area contributed by atoms with Crippen LogP contribution in [0.4, 0.5) is 0 Å². The number of rotatable bonds is 4. The summed E-state index contributed by atoms with van der Waals surface area (Å²) in [4.78, 5) is 22.1. The van der Waals surface area contributed by atoms with Gasteiger partial charge in [-0.3, -0.25) is 4.79 Å². The first-order valence-corrected chi connectivity index (χ1v) is 4.53. The molecule has 1 heterocycles. The molecule has 7 heteroatoms. The fraction of sp³-hybridized carbons (Fsp3) is 0.750. The van der Waals surface area contributed by atoms with Crippen LogP contribution in [0.25, 0.3) is 0 Å². The van der Waals surface area contributed by atoms with Gasteiger partial charge in [-0.2, -0.15) is 0 Å². The van der Waals surface area contributed by atoms with Gasteiger partial charge in [-0.15, -0.1) is 0 Å². The first-order valence-electron chi connectivity index (χ1n) is 4.98. The van der Waals surface area contributed by atoms with E-state index in [-0.39, 0.29) is 13.0 Å². The minimum atomic E-state index is -1.38. The largest absolute Gasteiger partial charge is 0.480 e. The molecule has 0 bridgehead atoms. The number of carboxylic acids is 1. The summed E-state index contributed by atoms with van der Waals surface area (Å²) in [7, 11) is 0. The molecule has 0 aromatic heterocycles. The number of carbonyl (C=O) groups is 2. The predicted octanol–water partition coefficient (Wildman–Crippen LogP) is -2.73. The highest BCUT2D eigenvalue weighted by Crippen LogP contribution is 2.06. The SMILES string of the molecule is [2H]N1C[C@H](O)C[C@H]1C(=O)N[C@@H](CO)C(=O)O. The highest BCUT2D eigenvalue weighted by molar-refractivity contribution is 5.87. The van der Waals surface area contributed by atoms with Crippen LogP contribution in [0, 0.1) is 0 Å². The summed E-state index contributed by atoms with van der Waals surface area (Å²) in [5, 5.41) is 29.5. The number of carboxylic acid groups (broad SMARTS) is 1. The molecular weight excluding hydrogens is 204 g/mol. The molecule has 7 nitrogen and oxygen atoms in total. The van der Waals surface area contributed by atoms with Crippen LogP contribution in [-0.2, 0) is 9.59 Å². The summed E-state index contributed by atoms with van der Waals surface area (Å²) < 4.78 is 7.36. The average molecular weight is 219 g/mol. The molecule has 1 saturated heterocycles. The molecule has 0 radical (unpaired) electrons. The lowest BCUT2D eigenvalue weighted by Gasteiger charge is -2.15. The molecule has 3 atom stereocenters. The van der Waals surface area contributed by atoms with Crippen molar-refractivity contribution >= 4 is 11.9 Å². The lowest BCUT2D eigenvalue weighted by atomic mass is 10.2. The Morgan fingerprint density at radius 2 is 2.33 bits per heavy atom. The summed E-state index contributed by atoms with van der Waals surface area (Å²) in [6.07, 6.45) is -0.668. The molecule has 5 N–H and O–H groups in total. The van der Waals surface area contributed by atoms with Crippen molar-refractivity contribution in [1.29, 1.82) is 0 Å². The van der Waals surface area contributed by atoms with Gasteiger partial charge in [0.05, 0.1) is 18.8 Å². The molecule has 0 aliphatic carbocycles. The minimum Gasteiger partial charge on any atom is -0.480 e. The Morgan fingerprint density at radius 1 is 1.67 bits per heavy atom. The van der Waals surface area contributed by atoms with E-state index in [4.69, 9.17) is 11.6 Å². The summed E-state index contributed by atoms with van der Waals surface area (Å²) in [6.45, 7) is -0.663. The molecule has 15 heavy (non-hydrogen) atoms. The maximum atomic E-state index is 11.5. The van der Waals surface area contributed by atoms with E-state index in [0.29, 0.717) is 0 Å². The van der Waals surface area contributed by atoms with Gasteiger partial charge in [0.2, 0.25) is 5.91 Å². The van der Waals surface area contributed by atoms with E-state index in [0.717, 1.165) is 5.31 Å². The van der Waals surface area contributed by atoms with Crippen molar-refractivity contribution in [2.75, 3.05) is 13.2 Å². The molecule has 1 aliphatic rings. The van der Waals surface area contributed by atoms with E-state index in [9.17, 15) is 14.7 Å². The van der Waals surface area contributed by atoms with Crippen LogP contribution in [0.15, 0.2) is 0 Å². The quantitative estimate of drug-likeness (QED) is 0.350. The molecular formula is C8H14N2O5. The second-order valence-corrected chi connectivity index (χ2v) is 3.35. The third-order valence-electron chi connectivity index (χ3n) is 2.13. The van der Waals surface area contributed by atoms with Crippen LogP contribution in [0.3, 0.4) is 0 Å². The smallest absolute Gasteiger partial charge is 0.328 e. The van der Waals surface area contributed by atoms with Gasteiger partial charge in [0, 0.05) is 6.54 Å². The number of aliphatic hydroxyl groups excluding tert-OH is 2. The van der Waals surface area contributed by atoms with Gasteiger partial charge in [-0.25, -0.2) is 4.79 Å². The number of aliphatic hydroxyl groups is 2. The summed E-state index contributed by atoms with van der Waals surface area (Å²) in [6, 6.07) is -2.25. The average Bonchev–Trinajstić information content (AvgIpc) is 2.53. The lowest BCUT2D eigenvalue weighted by Crippen LogP contribution is -2.49. The van der Waals surface area contributed by atoms with Crippen LogP contribution in [0.5, 0.6) is 0 Å². The van der Waals surface area contributed by atoms with Crippen molar-refractivity contribution < 1.29 is 26.3 Å². The Kier molecular flexibility index (Phi) is 3.49. The number of carbonyl (C=O) groups excluding carboxylic acids is 1. The molecule has 86 valence electrons. The van der Waals surface area contributed by atoms with E-state index >= 15 is 0 Å². The molecule has 0 aromatic rings. The maximum Gasteiger partial charge on any atom is 0.328 e. The van der Waals surface area contributed by atoms with Crippen LogP contribution in [0.2, 0.25) is 1.41 Å². The van der Waals surface area contributed by atoms with Crippen LogP contribution >= 0.6 is 0 Å². The zero-order chi connectivity index (χ0) is 12.3. The topological polar surface area (TPSA) is 119 Å². The lowest BCUT2D eigenvalue weighted by molar-refractivity contribution is -0.143. The Balaban J connectivity index is 2.55. The summed E-state index contributed by atoms with van der Waals surface area (Å²) in [5.74, 6) is -2.01. The molecule has 1 aliphatic heterocycles. The number of amides is 1. The predicted molar refractivity (Wildman–Crippen MR) is 49.1 cm³/mol. The maximum absolute atomic E-state index is 11.5. The van der Waals surface area contributed by atoms with Gasteiger partial charge in [0.25, 0.3) is 0 Å². The van der Waals surface area contributed by atoms with Gasteiger partial charge in [0.15, 0.2) is 0 Å². The second-order valence-electron chi connectivity index (χ2n) is 3.35. The Hall–Kier alpha value is -1.18. The van der Waals surface area contributed by atoms with Crippen LogP contribution in [-0.4, -0.2) is 58.5 Å². The fourth-order valence-electron chi connectivity index (χ4n) is 1.30. The first-order chi connectivity index (χ1) is 7.45. The normalized spacial score (nSPS) is 29.6. The minimum absolute atomic E-state index is 0.0505. The Bertz CT molecular complexity index is 288. The van der Waals surface area contributed by atoms with Gasteiger partial charge in [-0.1, -0.05) is 0 Å². The first kappa shape index (κ1) is 10.3. The molecule has 1 fully saturated rings. The molecule has 1 amide bonds. The van der Waals surface area contributed by atoms with E-state index in [2.05, 4.69) is 5.32 Å². The van der Waals surface area contributed by atoms with Crippen molar-refractivity contribution in [2.24, 2.45) is 0 Å². The fourth-order valence-corrected chi connectivity index (χ4v) is 1.30. The second kappa shape index (κ2) is 5.06. The van der Waals surface area contributed by atoms with Crippen molar-refractivity contribution in [3.05, 3.63) is 0 Å². The highest BCUT2D eigenvalue weighted by atomic mass is 16.4. The number of hydrogen-bond donors (Lipinski definition) is 5. The summed E-state index contributed by atoms with van der Waals surface area (Å²) >= 11 is 0. The molecule has 1 rings (SSSR count). The van der Waals surface area contributed by atoms with Crippen molar-refractivity contribution in [3.63, 3.8) is 0 Å². The van der Waals surface area contributed by atoms with Crippen LogP contribution in [0.1, 0.15) is 6.42 Å². The molecule has 0 saturated carbocycles. The molecule has 0 aromatic carbocycles. The number of β-amino-alcohol motifs (C(OH)–C–C–N with tert-alkyl or cyclic N) is 1. The Labute approximate surface area is 87.6 Å². The van der Waals surface area contributed by atoms with E-state index in [1.165, 1.54) is 0 Å². The molecule has 0 unspecified atom stereocenters. The standard InChI is InChI=1S/C8H14N2O5/c11-3-6(8(14)15)10-7(13)5-1-4(12)2-9-5/h4-6,9,11-12H,1-3H2,(H,10,13)(H,14,15)/t4-,5+,6+/m1/s1/i/hD. The number of nitrogens with one attached hydrogen (secondary N) is 2.